The molecule has 0 aromatic heterocycles. The molecule has 5 heteroatoms. The number of aryl methyl sites for hydroxylation is 1. The van der Waals surface area contributed by atoms with Gasteiger partial charge in [-0.25, -0.2) is 4.21 Å². The van der Waals surface area contributed by atoms with E-state index in [4.69, 9.17) is 0 Å². The van der Waals surface area contributed by atoms with Crippen LogP contribution in [0, 0.1) is 6.92 Å². The van der Waals surface area contributed by atoms with Crippen LogP contribution in [0.1, 0.15) is 5.56 Å². The van der Waals surface area contributed by atoms with Gasteiger partial charge >= 0.3 is 0 Å². The summed E-state index contributed by atoms with van der Waals surface area (Å²) in [7, 11) is -1.59. The molecule has 3 aromatic carbocycles. The molecule has 0 fully saturated rings. The molecule has 25 heavy (non-hydrogen) atoms. The second-order valence-corrected chi connectivity index (χ2v) is 7.04. The lowest BCUT2D eigenvalue weighted by molar-refractivity contribution is 0.401. The Balaban J connectivity index is 2.01. The van der Waals surface area contributed by atoms with E-state index in [1.165, 1.54) is 12.1 Å². The topological polar surface area (TPSA) is 74.6 Å². The SMILES string of the molecule is Cc1cc(=O)c(O)c(O)cc1S(=O)c1ccc(-c2ccccc2)cc1. The Kier molecular flexibility index (Phi) is 4.67. The van der Waals surface area contributed by atoms with Crippen LogP contribution in [-0.4, -0.2) is 14.4 Å². The maximum Gasteiger partial charge on any atom is 0.224 e. The van der Waals surface area contributed by atoms with Crippen LogP contribution in [0.5, 0.6) is 11.5 Å². The molecule has 0 amide bonds. The van der Waals surface area contributed by atoms with Crippen molar-refractivity contribution >= 4 is 10.8 Å². The maximum absolute atomic E-state index is 12.8. The molecular formula is C20H16O4S. The van der Waals surface area contributed by atoms with Crippen molar-refractivity contribution in [2.75, 3.05) is 0 Å². The normalized spacial score (nSPS) is 11.9. The first-order valence-electron chi connectivity index (χ1n) is 7.61. The highest BCUT2D eigenvalue weighted by atomic mass is 32.2. The van der Waals surface area contributed by atoms with Gasteiger partial charge < -0.3 is 10.2 Å². The Bertz CT molecular complexity index is 996. The molecule has 0 aliphatic heterocycles. The van der Waals surface area contributed by atoms with Crippen LogP contribution in [0.3, 0.4) is 0 Å². The average molecular weight is 352 g/mol. The van der Waals surface area contributed by atoms with Crippen LogP contribution in [0.4, 0.5) is 0 Å². The predicted octanol–water partition coefficient (Wildman–Crippen LogP) is 3.60. The first-order valence-corrected chi connectivity index (χ1v) is 8.76. The van der Waals surface area contributed by atoms with Crippen LogP contribution in [0.15, 0.2) is 81.3 Å². The zero-order chi connectivity index (χ0) is 18.0. The molecule has 0 saturated carbocycles. The van der Waals surface area contributed by atoms with Crippen LogP contribution in [0.2, 0.25) is 0 Å². The van der Waals surface area contributed by atoms with E-state index in [0.29, 0.717) is 10.5 Å². The van der Waals surface area contributed by atoms with Crippen LogP contribution >= 0.6 is 0 Å². The number of benzene rings is 2. The lowest BCUT2D eigenvalue weighted by Crippen LogP contribution is -1.97. The summed E-state index contributed by atoms with van der Waals surface area (Å²) in [6.45, 7) is 1.62. The molecule has 0 aliphatic rings. The van der Waals surface area contributed by atoms with Gasteiger partial charge in [0, 0.05) is 11.0 Å². The number of rotatable bonds is 3. The largest absolute Gasteiger partial charge is 0.504 e. The van der Waals surface area contributed by atoms with Crippen LogP contribution in [-0.2, 0) is 10.8 Å². The third-order valence-electron chi connectivity index (χ3n) is 3.86. The third kappa shape index (κ3) is 3.46. The standard InChI is InChI=1S/C20H16O4S/c1-13-11-17(21)20(23)18(22)12-19(13)25(24)16-9-7-15(8-10-16)14-5-3-2-4-6-14/h2-12H,1H3,(H2,21,22,23). The van der Waals surface area contributed by atoms with Gasteiger partial charge in [-0.2, -0.15) is 0 Å². The molecule has 0 spiro atoms. The van der Waals surface area contributed by atoms with Gasteiger partial charge in [-0.1, -0.05) is 42.5 Å². The van der Waals surface area contributed by atoms with Crippen molar-refractivity contribution in [1.82, 2.24) is 0 Å². The Morgan fingerprint density at radius 2 is 1.44 bits per heavy atom. The highest BCUT2D eigenvalue weighted by molar-refractivity contribution is 7.85. The van der Waals surface area contributed by atoms with Gasteiger partial charge in [-0.3, -0.25) is 4.79 Å². The van der Waals surface area contributed by atoms with E-state index in [1.54, 1.807) is 19.1 Å². The smallest absolute Gasteiger partial charge is 0.224 e. The summed E-state index contributed by atoms with van der Waals surface area (Å²) in [6, 6.07) is 19.4. The number of hydrogen-bond acceptors (Lipinski definition) is 4. The Labute approximate surface area is 147 Å². The summed E-state index contributed by atoms with van der Waals surface area (Å²) in [5.41, 5.74) is 1.78. The minimum atomic E-state index is -1.59. The molecular weight excluding hydrogens is 336 g/mol. The fraction of sp³-hybridized carbons (Fsp3) is 0.0500. The second kappa shape index (κ2) is 6.91. The third-order valence-corrected chi connectivity index (χ3v) is 5.39. The summed E-state index contributed by atoms with van der Waals surface area (Å²) >= 11 is 0. The summed E-state index contributed by atoms with van der Waals surface area (Å²) in [5, 5.41) is 19.3. The molecule has 0 bridgehead atoms. The maximum atomic E-state index is 12.8. The molecule has 126 valence electrons. The minimum absolute atomic E-state index is 0.280. The fourth-order valence-electron chi connectivity index (χ4n) is 2.50. The van der Waals surface area contributed by atoms with Crippen molar-refractivity contribution in [3.8, 4) is 22.6 Å². The molecule has 0 heterocycles. The Morgan fingerprint density at radius 1 is 0.840 bits per heavy atom. The van der Waals surface area contributed by atoms with E-state index in [1.807, 2.05) is 42.5 Å². The first-order chi connectivity index (χ1) is 12.0. The summed E-state index contributed by atoms with van der Waals surface area (Å²) in [5.74, 6) is -1.33. The van der Waals surface area contributed by atoms with E-state index < -0.39 is 27.7 Å². The highest BCUT2D eigenvalue weighted by Crippen LogP contribution is 2.27. The van der Waals surface area contributed by atoms with E-state index in [0.717, 1.165) is 11.1 Å². The number of aromatic hydroxyl groups is 2. The van der Waals surface area contributed by atoms with E-state index in [2.05, 4.69) is 0 Å². The van der Waals surface area contributed by atoms with Gasteiger partial charge in [0.05, 0.1) is 15.7 Å². The molecule has 0 saturated heterocycles. The molecule has 1 atom stereocenters. The van der Waals surface area contributed by atoms with Gasteiger partial charge in [0.2, 0.25) is 11.2 Å². The fourth-order valence-corrected chi connectivity index (χ4v) is 3.70. The van der Waals surface area contributed by atoms with Gasteiger partial charge in [0.25, 0.3) is 0 Å². The zero-order valence-corrected chi connectivity index (χ0v) is 14.3. The molecule has 3 rings (SSSR count). The first kappa shape index (κ1) is 16.9. The quantitative estimate of drug-likeness (QED) is 0.755. The summed E-state index contributed by atoms with van der Waals surface area (Å²) in [6.07, 6.45) is 0. The van der Waals surface area contributed by atoms with Crippen molar-refractivity contribution in [1.29, 1.82) is 0 Å². The monoisotopic (exact) mass is 352 g/mol. The highest BCUT2D eigenvalue weighted by Gasteiger charge is 2.14. The van der Waals surface area contributed by atoms with Gasteiger partial charge in [-0.05, 0) is 41.8 Å². The van der Waals surface area contributed by atoms with Crippen molar-refractivity contribution in [3.63, 3.8) is 0 Å². The molecule has 0 radical (unpaired) electrons. The van der Waals surface area contributed by atoms with Crippen molar-refractivity contribution in [2.45, 2.75) is 16.7 Å². The molecule has 4 nitrogen and oxygen atoms in total. The van der Waals surface area contributed by atoms with Crippen LogP contribution in [0.25, 0.3) is 11.1 Å². The molecule has 1 unspecified atom stereocenters. The van der Waals surface area contributed by atoms with Crippen molar-refractivity contribution in [3.05, 3.63) is 82.5 Å². The minimum Gasteiger partial charge on any atom is -0.504 e. The van der Waals surface area contributed by atoms with Crippen molar-refractivity contribution in [2.24, 2.45) is 0 Å². The zero-order valence-electron chi connectivity index (χ0n) is 13.5. The molecule has 0 aliphatic carbocycles. The van der Waals surface area contributed by atoms with Gasteiger partial charge in [0.15, 0.2) is 5.75 Å². The van der Waals surface area contributed by atoms with E-state index in [9.17, 15) is 19.2 Å². The predicted molar refractivity (Wildman–Crippen MR) is 97.3 cm³/mol. The average Bonchev–Trinajstić information content (AvgIpc) is 2.73. The van der Waals surface area contributed by atoms with E-state index >= 15 is 0 Å². The van der Waals surface area contributed by atoms with Gasteiger partial charge in [0.1, 0.15) is 0 Å². The van der Waals surface area contributed by atoms with Crippen molar-refractivity contribution < 1.29 is 14.4 Å². The van der Waals surface area contributed by atoms with E-state index in [-0.39, 0.29) is 4.90 Å². The second-order valence-electron chi connectivity index (χ2n) is 5.59. The Hall–Kier alpha value is -2.92. The molecule has 2 N–H and O–H groups in total. The summed E-state index contributed by atoms with van der Waals surface area (Å²) in [4.78, 5) is 12.5. The lowest BCUT2D eigenvalue weighted by Gasteiger charge is -2.06. The molecule has 3 aromatic rings. The number of hydrogen-bond donors (Lipinski definition) is 2. The summed E-state index contributed by atoms with van der Waals surface area (Å²) < 4.78 is 12.8. The van der Waals surface area contributed by atoms with Crippen LogP contribution < -0.4 is 5.43 Å². The Morgan fingerprint density at radius 3 is 2.08 bits per heavy atom. The van der Waals surface area contributed by atoms with Gasteiger partial charge in [-0.15, -0.1) is 0 Å². The lowest BCUT2D eigenvalue weighted by atomic mass is 10.1.